The molecule has 5 nitrogen and oxygen atoms in total. The van der Waals surface area contributed by atoms with E-state index >= 15 is 0 Å². The lowest BCUT2D eigenvalue weighted by Crippen LogP contribution is -2.13. The van der Waals surface area contributed by atoms with Crippen LogP contribution in [0.1, 0.15) is 67.7 Å². The van der Waals surface area contributed by atoms with Crippen LogP contribution in [0.3, 0.4) is 0 Å². The summed E-state index contributed by atoms with van der Waals surface area (Å²) in [6.45, 7) is 1.00. The average molecular weight is 436 g/mol. The summed E-state index contributed by atoms with van der Waals surface area (Å²) in [6, 6.07) is 10.8. The molecular formula is C26H30FN3O2. The zero-order valence-corrected chi connectivity index (χ0v) is 18.3. The Hall–Kier alpha value is -3.02. The van der Waals surface area contributed by atoms with Gasteiger partial charge in [-0.25, -0.2) is 9.37 Å². The minimum Gasteiger partial charge on any atom is -0.481 e. The minimum absolute atomic E-state index is 0.0807. The summed E-state index contributed by atoms with van der Waals surface area (Å²) in [6.07, 6.45) is 10.1. The summed E-state index contributed by atoms with van der Waals surface area (Å²) in [5.74, 6) is -0.150. The van der Waals surface area contributed by atoms with Crippen molar-refractivity contribution < 1.29 is 14.3 Å². The standard InChI is InChI=1S/C26H30FN3O2/c27-22-11-9-20-14-21(17-29-24(20)16-22)19(15-25(31)32)6-3-1-2-4-8-23-12-10-18-7-5-13-28-26(18)30-23/h9-12,14,16-17,19H,1-8,13,15H2,(H,28,30)(H,31,32)/t19-/m0/s1. The molecule has 1 aromatic carbocycles. The largest absolute Gasteiger partial charge is 0.481 e. The third kappa shape index (κ3) is 5.81. The maximum absolute atomic E-state index is 13.4. The molecule has 0 spiro atoms. The smallest absolute Gasteiger partial charge is 0.303 e. The summed E-state index contributed by atoms with van der Waals surface area (Å²) in [7, 11) is 0. The zero-order chi connectivity index (χ0) is 22.3. The fraction of sp³-hybridized carbons (Fsp3) is 0.423. The van der Waals surface area contributed by atoms with Gasteiger partial charge < -0.3 is 10.4 Å². The fourth-order valence-corrected chi connectivity index (χ4v) is 4.49. The Kier molecular flexibility index (Phi) is 7.30. The molecule has 0 bridgehead atoms. The van der Waals surface area contributed by atoms with E-state index in [0.29, 0.717) is 5.52 Å². The number of nitrogens with one attached hydrogen (secondary N) is 1. The van der Waals surface area contributed by atoms with Crippen molar-refractivity contribution in [3.63, 3.8) is 0 Å². The predicted molar refractivity (Wildman–Crippen MR) is 125 cm³/mol. The molecule has 1 aliphatic heterocycles. The number of carboxylic acids is 1. The van der Waals surface area contributed by atoms with Gasteiger partial charge in [-0.15, -0.1) is 0 Å². The van der Waals surface area contributed by atoms with Gasteiger partial charge in [0.25, 0.3) is 0 Å². The van der Waals surface area contributed by atoms with E-state index in [0.717, 1.165) is 74.0 Å². The van der Waals surface area contributed by atoms with Crippen molar-refractivity contribution in [1.29, 1.82) is 0 Å². The molecule has 0 saturated heterocycles. The molecule has 4 rings (SSSR count). The van der Waals surface area contributed by atoms with Gasteiger partial charge in [0, 0.05) is 29.9 Å². The number of halogens is 1. The van der Waals surface area contributed by atoms with Crippen LogP contribution in [-0.4, -0.2) is 27.6 Å². The number of carbonyl (C=O) groups is 1. The van der Waals surface area contributed by atoms with Crippen LogP contribution in [0.15, 0.2) is 42.6 Å². The lowest BCUT2D eigenvalue weighted by atomic mass is 9.90. The molecule has 0 unspecified atom stereocenters. The average Bonchev–Trinajstić information content (AvgIpc) is 2.79. The summed E-state index contributed by atoms with van der Waals surface area (Å²) < 4.78 is 13.4. The Morgan fingerprint density at radius 2 is 2.00 bits per heavy atom. The number of hydrogen-bond donors (Lipinski definition) is 2. The number of rotatable bonds is 10. The van der Waals surface area contributed by atoms with E-state index in [2.05, 4.69) is 22.4 Å². The maximum Gasteiger partial charge on any atom is 0.303 e. The van der Waals surface area contributed by atoms with Crippen molar-refractivity contribution in [2.75, 3.05) is 11.9 Å². The molecule has 0 aliphatic carbocycles. The first-order valence-corrected chi connectivity index (χ1v) is 11.6. The highest BCUT2D eigenvalue weighted by atomic mass is 19.1. The number of nitrogens with zero attached hydrogens (tertiary/aromatic N) is 2. The van der Waals surface area contributed by atoms with Crippen molar-refractivity contribution in [1.82, 2.24) is 9.97 Å². The lowest BCUT2D eigenvalue weighted by molar-refractivity contribution is -0.137. The Morgan fingerprint density at radius 3 is 2.88 bits per heavy atom. The first-order chi connectivity index (χ1) is 15.6. The Morgan fingerprint density at radius 1 is 1.12 bits per heavy atom. The summed E-state index contributed by atoms with van der Waals surface area (Å²) in [4.78, 5) is 20.5. The van der Waals surface area contributed by atoms with Gasteiger partial charge in [-0.05, 0) is 73.4 Å². The SMILES string of the molecule is O=C(O)C[C@H](CCCCCCc1ccc2c(n1)NCCC2)c1cnc2cc(F)ccc2c1. The van der Waals surface area contributed by atoms with Crippen LogP contribution in [0.2, 0.25) is 0 Å². The monoisotopic (exact) mass is 435 g/mol. The number of aromatic nitrogens is 2. The fourth-order valence-electron chi connectivity index (χ4n) is 4.49. The molecule has 0 saturated carbocycles. The molecule has 1 aliphatic rings. The van der Waals surface area contributed by atoms with E-state index in [1.165, 1.54) is 24.1 Å². The van der Waals surface area contributed by atoms with Crippen LogP contribution in [-0.2, 0) is 17.6 Å². The van der Waals surface area contributed by atoms with E-state index < -0.39 is 5.97 Å². The van der Waals surface area contributed by atoms with Crippen LogP contribution < -0.4 is 5.32 Å². The van der Waals surface area contributed by atoms with Crippen LogP contribution in [0, 0.1) is 5.82 Å². The molecule has 2 N–H and O–H groups in total. The molecule has 1 atom stereocenters. The van der Waals surface area contributed by atoms with E-state index in [-0.39, 0.29) is 18.2 Å². The molecule has 2 aromatic heterocycles. The van der Waals surface area contributed by atoms with Gasteiger partial charge in [0.2, 0.25) is 0 Å². The first-order valence-electron chi connectivity index (χ1n) is 11.6. The number of fused-ring (bicyclic) bond motifs is 2. The van der Waals surface area contributed by atoms with Crippen LogP contribution in [0.25, 0.3) is 10.9 Å². The van der Waals surface area contributed by atoms with Gasteiger partial charge >= 0.3 is 5.97 Å². The summed E-state index contributed by atoms with van der Waals surface area (Å²) >= 11 is 0. The normalized spacial score (nSPS) is 14.0. The number of carboxylic acid groups (broad SMARTS) is 1. The van der Waals surface area contributed by atoms with Gasteiger partial charge in [0.05, 0.1) is 11.9 Å². The van der Waals surface area contributed by atoms with E-state index in [4.69, 9.17) is 4.98 Å². The van der Waals surface area contributed by atoms with E-state index in [9.17, 15) is 14.3 Å². The van der Waals surface area contributed by atoms with Crippen LogP contribution in [0.5, 0.6) is 0 Å². The van der Waals surface area contributed by atoms with E-state index in [1.807, 2.05) is 6.07 Å². The third-order valence-corrected chi connectivity index (χ3v) is 6.25. The quantitative estimate of drug-likeness (QED) is 0.389. The van der Waals surface area contributed by atoms with E-state index in [1.54, 1.807) is 12.3 Å². The van der Waals surface area contributed by atoms with Crippen molar-refractivity contribution in [2.24, 2.45) is 0 Å². The van der Waals surface area contributed by atoms with Crippen molar-refractivity contribution in [2.45, 2.75) is 63.7 Å². The van der Waals surface area contributed by atoms with Crippen molar-refractivity contribution in [3.05, 3.63) is 65.2 Å². The molecule has 168 valence electrons. The zero-order valence-electron chi connectivity index (χ0n) is 18.3. The number of benzene rings is 1. The summed E-state index contributed by atoms with van der Waals surface area (Å²) in [5, 5.41) is 13.6. The van der Waals surface area contributed by atoms with Gasteiger partial charge in [0.1, 0.15) is 11.6 Å². The maximum atomic E-state index is 13.4. The van der Waals surface area contributed by atoms with Crippen molar-refractivity contribution in [3.8, 4) is 0 Å². The van der Waals surface area contributed by atoms with Gasteiger partial charge in [-0.1, -0.05) is 25.3 Å². The highest BCUT2D eigenvalue weighted by molar-refractivity contribution is 5.79. The van der Waals surface area contributed by atoms with Crippen LogP contribution >= 0.6 is 0 Å². The minimum atomic E-state index is -0.804. The lowest BCUT2D eigenvalue weighted by Gasteiger charge is -2.17. The molecule has 32 heavy (non-hydrogen) atoms. The summed E-state index contributed by atoms with van der Waals surface area (Å²) in [5.41, 5.74) is 3.96. The Balaban J connectivity index is 1.27. The molecule has 0 radical (unpaired) electrons. The number of aryl methyl sites for hydroxylation is 2. The molecule has 6 heteroatoms. The number of hydrogen-bond acceptors (Lipinski definition) is 4. The highest BCUT2D eigenvalue weighted by Crippen LogP contribution is 2.28. The number of unbranched alkanes of at least 4 members (excludes halogenated alkanes) is 3. The second kappa shape index (κ2) is 10.5. The van der Waals surface area contributed by atoms with Crippen LogP contribution in [0.4, 0.5) is 10.2 Å². The second-order valence-corrected chi connectivity index (χ2v) is 8.69. The number of anilines is 1. The van der Waals surface area contributed by atoms with Gasteiger partial charge in [-0.3, -0.25) is 9.78 Å². The van der Waals surface area contributed by atoms with Crippen molar-refractivity contribution >= 4 is 22.7 Å². The number of aliphatic carboxylic acids is 1. The third-order valence-electron chi connectivity index (χ3n) is 6.25. The Labute approximate surface area is 188 Å². The molecule has 0 fully saturated rings. The van der Waals surface area contributed by atoms with Gasteiger partial charge in [-0.2, -0.15) is 0 Å². The number of pyridine rings is 2. The first kappa shape index (κ1) is 22.2. The molecule has 3 aromatic rings. The highest BCUT2D eigenvalue weighted by Gasteiger charge is 2.17. The molecule has 0 amide bonds. The van der Waals surface area contributed by atoms with Gasteiger partial charge in [0.15, 0.2) is 0 Å². The topological polar surface area (TPSA) is 75.1 Å². The molecule has 3 heterocycles. The second-order valence-electron chi connectivity index (χ2n) is 8.69. The predicted octanol–water partition coefficient (Wildman–Crippen LogP) is 5.88. The Bertz CT molecular complexity index is 1090. The molecular weight excluding hydrogens is 405 g/mol.